The highest BCUT2D eigenvalue weighted by atomic mass is 32.2. The summed E-state index contributed by atoms with van der Waals surface area (Å²) in [5.41, 5.74) is 2.57. The Kier molecular flexibility index (Phi) is 4.90. The summed E-state index contributed by atoms with van der Waals surface area (Å²) in [6, 6.07) is 14.0. The summed E-state index contributed by atoms with van der Waals surface area (Å²) in [6.45, 7) is 3.87. The molecule has 0 bridgehead atoms. The topological polar surface area (TPSA) is 54.5 Å². The molecule has 2 aromatic rings. The molecule has 0 radical (unpaired) electrons. The molecule has 0 saturated carbocycles. The monoisotopic (exact) mass is 331 g/mol. The van der Waals surface area contributed by atoms with Crippen LogP contribution < -0.4 is 0 Å². The fourth-order valence-corrected chi connectivity index (χ4v) is 3.01. The predicted octanol–water partition coefficient (Wildman–Crippen LogP) is 3.23. The number of carbonyl (C=O) groups is 1. The van der Waals surface area contributed by atoms with Gasteiger partial charge in [-0.3, -0.25) is 4.79 Å². The molecule has 0 heterocycles. The number of amides is 1. The Morgan fingerprint density at radius 1 is 1.09 bits per heavy atom. The minimum Gasteiger partial charge on any atom is -0.335 e. The second-order valence-electron chi connectivity index (χ2n) is 5.80. The van der Waals surface area contributed by atoms with Crippen molar-refractivity contribution in [2.45, 2.75) is 24.8 Å². The van der Waals surface area contributed by atoms with Crippen LogP contribution in [0, 0.1) is 6.92 Å². The van der Waals surface area contributed by atoms with E-state index in [0.717, 1.165) is 11.1 Å². The number of hydrogen-bond acceptors (Lipinski definition) is 3. The maximum absolute atomic E-state index is 12.6. The largest absolute Gasteiger partial charge is 0.335 e. The van der Waals surface area contributed by atoms with Gasteiger partial charge in [-0.05, 0) is 43.7 Å². The van der Waals surface area contributed by atoms with Crippen LogP contribution in [0.25, 0.3) is 0 Å². The first-order chi connectivity index (χ1) is 10.7. The molecule has 0 spiro atoms. The third kappa shape index (κ3) is 3.99. The van der Waals surface area contributed by atoms with E-state index >= 15 is 0 Å². The van der Waals surface area contributed by atoms with E-state index < -0.39 is 9.84 Å². The van der Waals surface area contributed by atoms with Crippen LogP contribution in [0.4, 0.5) is 0 Å². The van der Waals surface area contributed by atoms with Gasteiger partial charge in [-0.2, -0.15) is 0 Å². The molecule has 0 fully saturated rings. The van der Waals surface area contributed by atoms with Crippen molar-refractivity contribution in [1.82, 2.24) is 4.90 Å². The highest BCUT2D eigenvalue weighted by Crippen LogP contribution is 2.22. The standard InChI is InChI=1S/C18H21NO3S/c1-13-6-5-7-16(12-13)18(20)19(3)14(2)15-8-10-17(11-9-15)23(4,21)22/h5-12,14H,1-4H3/t14-/m0/s1. The Labute approximate surface area is 137 Å². The second kappa shape index (κ2) is 6.54. The van der Waals surface area contributed by atoms with E-state index in [0.29, 0.717) is 5.56 Å². The Morgan fingerprint density at radius 3 is 2.22 bits per heavy atom. The van der Waals surface area contributed by atoms with E-state index in [-0.39, 0.29) is 16.8 Å². The molecule has 2 aromatic carbocycles. The van der Waals surface area contributed by atoms with Gasteiger partial charge >= 0.3 is 0 Å². The summed E-state index contributed by atoms with van der Waals surface area (Å²) in [7, 11) is -1.46. The molecule has 2 rings (SSSR count). The lowest BCUT2D eigenvalue weighted by atomic mass is 10.1. The fraction of sp³-hybridized carbons (Fsp3) is 0.278. The van der Waals surface area contributed by atoms with E-state index in [2.05, 4.69) is 0 Å². The number of benzene rings is 2. The molecule has 0 aliphatic rings. The zero-order valence-electron chi connectivity index (χ0n) is 13.8. The van der Waals surface area contributed by atoms with Gasteiger partial charge in [0, 0.05) is 18.9 Å². The van der Waals surface area contributed by atoms with Crippen LogP contribution in [0.2, 0.25) is 0 Å². The van der Waals surface area contributed by atoms with Gasteiger partial charge in [-0.15, -0.1) is 0 Å². The third-order valence-corrected chi connectivity index (χ3v) is 5.09. The number of nitrogens with zero attached hydrogens (tertiary/aromatic N) is 1. The second-order valence-corrected chi connectivity index (χ2v) is 7.82. The Morgan fingerprint density at radius 2 is 1.70 bits per heavy atom. The van der Waals surface area contributed by atoms with Crippen LogP contribution >= 0.6 is 0 Å². The normalized spacial score (nSPS) is 12.7. The summed E-state index contributed by atoms with van der Waals surface area (Å²) in [5, 5.41) is 0. The molecule has 4 nitrogen and oxygen atoms in total. The molecule has 0 N–H and O–H groups in total. The molecule has 0 aliphatic carbocycles. The molecule has 0 aliphatic heterocycles. The van der Waals surface area contributed by atoms with E-state index in [9.17, 15) is 13.2 Å². The van der Waals surface area contributed by atoms with Crippen molar-refractivity contribution in [2.24, 2.45) is 0 Å². The lowest BCUT2D eigenvalue weighted by Crippen LogP contribution is -2.29. The lowest BCUT2D eigenvalue weighted by molar-refractivity contribution is 0.0742. The van der Waals surface area contributed by atoms with Gasteiger partial charge in [0.1, 0.15) is 0 Å². The van der Waals surface area contributed by atoms with E-state index in [1.54, 1.807) is 42.3 Å². The van der Waals surface area contributed by atoms with Gasteiger partial charge in [0.25, 0.3) is 5.91 Å². The summed E-state index contributed by atoms with van der Waals surface area (Å²) in [6.07, 6.45) is 1.18. The van der Waals surface area contributed by atoms with Crippen molar-refractivity contribution in [3.8, 4) is 0 Å². The van der Waals surface area contributed by atoms with Crippen molar-refractivity contribution in [1.29, 1.82) is 0 Å². The van der Waals surface area contributed by atoms with Crippen LogP contribution in [-0.2, 0) is 9.84 Å². The van der Waals surface area contributed by atoms with Gasteiger partial charge in [-0.25, -0.2) is 8.42 Å². The summed E-state index contributed by atoms with van der Waals surface area (Å²) in [5.74, 6) is -0.0617. The molecule has 23 heavy (non-hydrogen) atoms. The molecule has 0 unspecified atom stereocenters. The highest BCUT2D eigenvalue weighted by Gasteiger charge is 2.19. The maximum atomic E-state index is 12.6. The average molecular weight is 331 g/mol. The number of aryl methyl sites for hydroxylation is 1. The van der Waals surface area contributed by atoms with Crippen LogP contribution in [-0.4, -0.2) is 32.5 Å². The van der Waals surface area contributed by atoms with Crippen molar-refractivity contribution < 1.29 is 13.2 Å². The predicted molar refractivity (Wildman–Crippen MR) is 91.2 cm³/mol. The summed E-state index contributed by atoms with van der Waals surface area (Å²) < 4.78 is 23.0. The SMILES string of the molecule is Cc1cccc(C(=O)N(C)[C@@H](C)c2ccc(S(C)(=O)=O)cc2)c1. The van der Waals surface area contributed by atoms with E-state index in [4.69, 9.17) is 0 Å². The van der Waals surface area contributed by atoms with Crippen LogP contribution in [0.1, 0.15) is 34.5 Å². The summed E-state index contributed by atoms with van der Waals surface area (Å²) in [4.78, 5) is 14.5. The molecule has 122 valence electrons. The van der Waals surface area contributed by atoms with Gasteiger partial charge in [0.15, 0.2) is 9.84 Å². The fourth-order valence-electron chi connectivity index (χ4n) is 2.37. The minimum absolute atomic E-state index is 0.0617. The van der Waals surface area contributed by atoms with Crippen LogP contribution in [0.5, 0.6) is 0 Å². The molecule has 0 aromatic heterocycles. The first-order valence-corrected chi connectivity index (χ1v) is 9.23. The molecule has 0 saturated heterocycles. The van der Waals surface area contributed by atoms with Crippen molar-refractivity contribution in [3.63, 3.8) is 0 Å². The van der Waals surface area contributed by atoms with Crippen LogP contribution in [0.3, 0.4) is 0 Å². The highest BCUT2D eigenvalue weighted by molar-refractivity contribution is 7.90. The maximum Gasteiger partial charge on any atom is 0.254 e. The zero-order valence-corrected chi connectivity index (χ0v) is 14.6. The van der Waals surface area contributed by atoms with E-state index in [1.807, 2.05) is 32.0 Å². The first kappa shape index (κ1) is 17.2. The number of carbonyl (C=O) groups excluding carboxylic acids is 1. The Balaban J connectivity index is 2.22. The minimum atomic E-state index is -3.21. The molecule has 5 heteroatoms. The molecular formula is C18H21NO3S. The first-order valence-electron chi connectivity index (χ1n) is 7.34. The van der Waals surface area contributed by atoms with Crippen molar-refractivity contribution >= 4 is 15.7 Å². The number of hydrogen-bond donors (Lipinski definition) is 0. The average Bonchev–Trinajstić information content (AvgIpc) is 2.52. The molecule has 1 amide bonds. The summed E-state index contributed by atoms with van der Waals surface area (Å²) >= 11 is 0. The smallest absolute Gasteiger partial charge is 0.254 e. The number of sulfone groups is 1. The zero-order chi connectivity index (χ0) is 17.2. The van der Waals surface area contributed by atoms with E-state index in [1.165, 1.54) is 6.26 Å². The quantitative estimate of drug-likeness (QED) is 0.864. The third-order valence-electron chi connectivity index (χ3n) is 3.96. The molecule has 1 atom stereocenters. The van der Waals surface area contributed by atoms with Crippen molar-refractivity contribution in [3.05, 3.63) is 65.2 Å². The van der Waals surface area contributed by atoms with Gasteiger partial charge in [0.2, 0.25) is 0 Å². The molecular weight excluding hydrogens is 310 g/mol. The van der Waals surface area contributed by atoms with Crippen molar-refractivity contribution in [2.75, 3.05) is 13.3 Å². The van der Waals surface area contributed by atoms with Crippen LogP contribution in [0.15, 0.2) is 53.4 Å². The van der Waals surface area contributed by atoms with Gasteiger partial charge < -0.3 is 4.90 Å². The lowest BCUT2D eigenvalue weighted by Gasteiger charge is -2.25. The van der Waals surface area contributed by atoms with Gasteiger partial charge in [0.05, 0.1) is 10.9 Å². The Hall–Kier alpha value is -2.14. The Bertz CT molecular complexity index is 810. The van der Waals surface area contributed by atoms with Gasteiger partial charge in [-0.1, -0.05) is 29.8 Å². The number of rotatable bonds is 4.